The summed E-state index contributed by atoms with van der Waals surface area (Å²) in [6, 6.07) is -0.439. The van der Waals surface area contributed by atoms with Gasteiger partial charge in [0.05, 0.1) is 0 Å². The first-order chi connectivity index (χ1) is 6.05. The lowest BCUT2D eigenvalue weighted by atomic mass is 9.80. The third-order valence-electron chi connectivity index (χ3n) is 3.47. The summed E-state index contributed by atoms with van der Waals surface area (Å²) in [5, 5.41) is 2.65. The minimum absolute atomic E-state index is 0.0208. The van der Waals surface area contributed by atoms with Crippen LogP contribution in [0, 0.1) is 11.3 Å². The van der Waals surface area contributed by atoms with E-state index in [4.69, 9.17) is 5.73 Å². The van der Waals surface area contributed by atoms with E-state index in [0.29, 0.717) is 0 Å². The van der Waals surface area contributed by atoms with Crippen LogP contribution in [-0.2, 0) is 9.59 Å². The molecule has 2 aliphatic rings. The van der Waals surface area contributed by atoms with Crippen LogP contribution in [0.15, 0.2) is 0 Å². The second kappa shape index (κ2) is 2.47. The minimum atomic E-state index is -0.439. The van der Waals surface area contributed by atoms with E-state index in [0.717, 1.165) is 19.3 Å². The molecule has 4 heteroatoms. The lowest BCUT2D eigenvalue weighted by molar-refractivity contribution is -0.135. The number of hydrogen-bond acceptors (Lipinski definition) is 2. The summed E-state index contributed by atoms with van der Waals surface area (Å²) in [6.07, 6.45) is 2.85. The topological polar surface area (TPSA) is 72.2 Å². The van der Waals surface area contributed by atoms with Crippen LogP contribution in [0.4, 0.5) is 0 Å². The average molecular weight is 182 g/mol. The van der Waals surface area contributed by atoms with Crippen molar-refractivity contribution in [3.05, 3.63) is 0 Å². The van der Waals surface area contributed by atoms with Gasteiger partial charge in [0, 0.05) is 5.92 Å². The molecule has 0 aromatic carbocycles. The Kier molecular flexibility index (Phi) is 1.62. The van der Waals surface area contributed by atoms with Crippen LogP contribution in [0.1, 0.15) is 26.2 Å². The molecule has 1 heterocycles. The van der Waals surface area contributed by atoms with Crippen LogP contribution >= 0.6 is 0 Å². The van der Waals surface area contributed by atoms with Gasteiger partial charge in [-0.05, 0) is 24.7 Å². The highest BCUT2D eigenvalue weighted by molar-refractivity contribution is 5.89. The minimum Gasteiger partial charge on any atom is -0.368 e. The molecule has 2 fully saturated rings. The predicted octanol–water partition coefficient (Wildman–Crippen LogP) is -0.224. The summed E-state index contributed by atoms with van der Waals surface area (Å²) in [6.45, 7) is 1.93. The zero-order valence-corrected chi connectivity index (χ0v) is 7.67. The van der Waals surface area contributed by atoms with Crippen molar-refractivity contribution in [3.8, 4) is 0 Å². The number of hydrogen-bond donors (Lipinski definition) is 2. The lowest BCUT2D eigenvalue weighted by Gasteiger charge is -2.33. The van der Waals surface area contributed by atoms with Crippen molar-refractivity contribution in [1.82, 2.24) is 5.32 Å². The number of carbonyl (C=O) groups is 2. The van der Waals surface area contributed by atoms with E-state index in [1.165, 1.54) is 0 Å². The van der Waals surface area contributed by atoms with Gasteiger partial charge >= 0.3 is 0 Å². The van der Waals surface area contributed by atoms with Crippen molar-refractivity contribution >= 4 is 11.8 Å². The predicted molar refractivity (Wildman–Crippen MR) is 46.6 cm³/mol. The number of primary amides is 1. The highest BCUT2D eigenvalue weighted by Gasteiger charge is 2.54. The molecule has 3 N–H and O–H groups in total. The molecular weight excluding hydrogens is 168 g/mol. The van der Waals surface area contributed by atoms with Crippen molar-refractivity contribution < 1.29 is 9.59 Å². The van der Waals surface area contributed by atoms with Crippen molar-refractivity contribution in [2.24, 2.45) is 17.1 Å². The first-order valence-electron chi connectivity index (χ1n) is 4.65. The molecule has 0 radical (unpaired) electrons. The number of amides is 2. The van der Waals surface area contributed by atoms with Crippen molar-refractivity contribution in [2.45, 2.75) is 32.2 Å². The van der Waals surface area contributed by atoms with Crippen LogP contribution in [0.2, 0.25) is 0 Å². The van der Waals surface area contributed by atoms with Gasteiger partial charge in [0.25, 0.3) is 0 Å². The van der Waals surface area contributed by atoms with E-state index in [1.807, 2.05) is 6.92 Å². The Bertz CT molecular complexity index is 271. The van der Waals surface area contributed by atoms with Gasteiger partial charge in [0.1, 0.15) is 6.04 Å². The maximum absolute atomic E-state index is 11.4. The molecule has 1 spiro atoms. The van der Waals surface area contributed by atoms with Crippen LogP contribution in [0.25, 0.3) is 0 Å². The van der Waals surface area contributed by atoms with Gasteiger partial charge in [-0.15, -0.1) is 0 Å². The second-order valence-electron chi connectivity index (χ2n) is 4.25. The molecule has 0 aromatic rings. The Morgan fingerprint density at radius 3 is 2.69 bits per heavy atom. The molecule has 0 bridgehead atoms. The standard InChI is InChI=1S/C9H14N2O2/c1-5-8(13)11-6(7(10)12)4-9(5)2-3-9/h5-6H,2-4H2,1H3,(H2,10,12)(H,11,13)/t5-,6+/m0/s1. The highest BCUT2D eigenvalue weighted by atomic mass is 16.2. The number of piperidine rings is 1. The zero-order valence-electron chi connectivity index (χ0n) is 7.67. The number of nitrogens with one attached hydrogen (secondary N) is 1. The Hall–Kier alpha value is -1.06. The monoisotopic (exact) mass is 182 g/mol. The third kappa shape index (κ3) is 1.20. The molecule has 1 saturated carbocycles. The van der Waals surface area contributed by atoms with Gasteiger partial charge in [0.2, 0.25) is 11.8 Å². The van der Waals surface area contributed by atoms with Crippen LogP contribution in [0.5, 0.6) is 0 Å². The van der Waals surface area contributed by atoms with Gasteiger partial charge in [-0.25, -0.2) is 0 Å². The Morgan fingerprint density at radius 1 is 1.62 bits per heavy atom. The molecule has 2 rings (SSSR count). The number of rotatable bonds is 1. The van der Waals surface area contributed by atoms with E-state index in [-0.39, 0.29) is 17.2 Å². The summed E-state index contributed by atoms with van der Waals surface area (Å²) in [4.78, 5) is 22.4. The Morgan fingerprint density at radius 2 is 2.23 bits per heavy atom. The van der Waals surface area contributed by atoms with Crippen LogP contribution < -0.4 is 11.1 Å². The molecule has 72 valence electrons. The largest absolute Gasteiger partial charge is 0.368 e. The lowest BCUT2D eigenvalue weighted by Crippen LogP contribution is -2.53. The first kappa shape index (κ1) is 8.53. The first-order valence-corrected chi connectivity index (χ1v) is 4.65. The fourth-order valence-corrected chi connectivity index (χ4v) is 2.18. The van der Waals surface area contributed by atoms with E-state index in [2.05, 4.69) is 5.32 Å². The fraction of sp³-hybridized carbons (Fsp3) is 0.778. The summed E-state index contributed by atoms with van der Waals surface area (Å²) in [7, 11) is 0. The summed E-state index contributed by atoms with van der Waals surface area (Å²) in [5.74, 6) is -0.387. The van der Waals surface area contributed by atoms with Crippen LogP contribution in [0.3, 0.4) is 0 Å². The molecule has 1 aliphatic heterocycles. The van der Waals surface area contributed by atoms with Crippen LogP contribution in [-0.4, -0.2) is 17.9 Å². The summed E-state index contributed by atoms with van der Waals surface area (Å²) < 4.78 is 0. The Labute approximate surface area is 76.9 Å². The molecule has 1 aliphatic carbocycles. The highest BCUT2D eigenvalue weighted by Crippen LogP contribution is 2.56. The number of carbonyl (C=O) groups excluding carboxylic acids is 2. The van der Waals surface area contributed by atoms with Gasteiger partial charge in [-0.1, -0.05) is 6.92 Å². The van der Waals surface area contributed by atoms with Crippen molar-refractivity contribution in [3.63, 3.8) is 0 Å². The smallest absolute Gasteiger partial charge is 0.240 e. The van der Waals surface area contributed by atoms with Crippen molar-refractivity contribution in [2.75, 3.05) is 0 Å². The van der Waals surface area contributed by atoms with E-state index < -0.39 is 11.9 Å². The molecule has 0 aromatic heterocycles. The van der Waals surface area contributed by atoms with E-state index in [9.17, 15) is 9.59 Å². The Balaban J connectivity index is 2.16. The molecule has 4 nitrogen and oxygen atoms in total. The maximum atomic E-state index is 11.4. The van der Waals surface area contributed by atoms with Gasteiger partial charge in [-0.3, -0.25) is 9.59 Å². The summed E-state index contributed by atoms with van der Waals surface area (Å²) in [5.41, 5.74) is 5.27. The molecular formula is C9H14N2O2. The van der Waals surface area contributed by atoms with Gasteiger partial charge in [-0.2, -0.15) is 0 Å². The second-order valence-corrected chi connectivity index (χ2v) is 4.25. The van der Waals surface area contributed by atoms with Gasteiger partial charge in [0.15, 0.2) is 0 Å². The van der Waals surface area contributed by atoms with E-state index >= 15 is 0 Å². The number of nitrogens with two attached hydrogens (primary N) is 1. The van der Waals surface area contributed by atoms with Crippen molar-refractivity contribution in [1.29, 1.82) is 0 Å². The molecule has 1 saturated heterocycles. The third-order valence-corrected chi connectivity index (χ3v) is 3.47. The zero-order chi connectivity index (χ0) is 9.64. The summed E-state index contributed by atoms with van der Waals surface area (Å²) >= 11 is 0. The fourth-order valence-electron chi connectivity index (χ4n) is 2.18. The average Bonchev–Trinajstić information content (AvgIpc) is 2.81. The molecule has 13 heavy (non-hydrogen) atoms. The molecule has 0 unspecified atom stereocenters. The van der Waals surface area contributed by atoms with Gasteiger partial charge < -0.3 is 11.1 Å². The SMILES string of the molecule is C[C@H]1C(=O)N[C@@H](C(N)=O)CC12CC2. The molecule has 2 atom stereocenters. The van der Waals surface area contributed by atoms with E-state index in [1.54, 1.807) is 0 Å². The normalized spacial score (nSPS) is 35.6. The maximum Gasteiger partial charge on any atom is 0.240 e. The quantitative estimate of drug-likeness (QED) is 0.588. The molecule has 2 amide bonds.